The van der Waals surface area contributed by atoms with Crippen LogP contribution in [0.4, 0.5) is 0 Å². The number of nitrogens with one attached hydrogen (secondary N) is 1. The molecule has 0 saturated heterocycles. The summed E-state index contributed by atoms with van der Waals surface area (Å²) in [4.78, 5) is 0. The summed E-state index contributed by atoms with van der Waals surface area (Å²) in [6, 6.07) is 6.66. The van der Waals surface area contributed by atoms with Crippen molar-refractivity contribution in [1.82, 2.24) is 5.32 Å². The summed E-state index contributed by atoms with van der Waals surface area (Å²) in [6.07, 6.45) is 7.49. The van der Waals surface area contributed by atoms with Gasteiger partial charge in [-0.05, 0) is 49.8 Å². The molecule has 0 radical (unpaired) electrons. The van der Waals surface area contributed by atoms with Crippen molar-refractivity contribution < 1.29 is 0 Å². The highest BCUT2D eigenvalue weighted by Crippen LogP contribution is 2.32. The minimum absolute atomic E-state index is 0.677. The molecular weight excluding hydrogens is 277 g/mol. The molecule has 1 saturated carbocycles. The van der Waals surface area contributed by atoms with E-state index < -0.39 is 0 Å². The third-order valence-corrected chi connectivity index (χ3v) is 4.86. The van der Waals surface area contributed by atoms with E-state index in [1.165, 1.54) is 37.7 Å². The summed E-state index contributed by atoms with van der Waals surface area (Å²) < 4.78 is 0. The van der Waals surface area contributed by atoms with Crippen LogP contribution in [0.15, 0.2) is 18.2 Å². The molecule has 0 aromatic heterocycles. The van der Waals surface area contributed by atoms with Crippen LogP contribution in [0.2, 0.25) is 10.0 Å². The van der Waals surface area contributed by atoms with E-state index in [1.54, 1.807) is 0 Å². The lowest BCUT2D eigenvalue weighted by Crippen LogP contribution is -2.35. The Kier molecular flexibility index (Phi) is 6.00. The molecule has 19 heavy (non-hydrogen) atoms. The number of benzene rings is 1. The summed E-state index contributed by atoms with van der Waals surface area (Å²) in [7, 11) is 0. The highest BCUT2D eigenvalue weighted by molar-refractivity contribution is 6.42. The van der Waals surface area contributed by atoms with Crippen molar-refractivity contribution in [2.24, 2.45) is 5.92 Å². The molecule has 2 rings (SSSR count). The Bertz CT molecular complexity index is 406. The molecule has 0 heterocycles. The Morgan fingerprint density at radius 1 is 1.26 bits per heavy atom. The highest BCUT2D eigenvalue weighted by atomic mass is 35.5. The van der Waals surface area contributed by atoms with Gasteiger partial charge in [-0.2, -0.15) is 0 Å². The van der Waals surface area contributed by atoms with Gasteiger partial charge in [0.15, 0.2) is 0 Å². The van der Waals surface area contributed by atoms with Gasteiger partial charge in [-0.1, -0.05) is 55.1 Å². The molecule has 1 aromatic carbocycles. The molecule has 0 amide bonds. The Morgan fingerprint density at radius 3 is 2.89 bits per heavy atom. The van der Waals surface area contributed by atoms with E-state index >= 15 is 0 Å². The van der Waals surface area contributed by atoms with Gasteiger partial charge in [0.25, 0.3) is 0 Å². The zero-order chi connectivity index (χ0) is 13.7. The van der Waals surface area contributed by atoms with Gasteiger partial charge < -0.3 is 5.32 Å². The van der Waals surface area contributed by atoms with Crippen molar-refractivity contribution in [3.63, 3.8) is 0 Å². The molecule has 1 aliphatic carbocycles. The quantitative estimate of drug-likeness (QED) is 0.798. The van der Waals surface area contributed by atoms with Crippen LogP contribution in [0.1, 0.15) is 44.6 Å². The predicted molar refractivity (Wildman–Crippen MR) is 84.2 cm³/mol. The number of hydrogen-bond acceptors (Lipinski definition) is 1. The fraction of sp³-hybridized carbons (Fsp3) is 0.625. The normalized spacial score (nSPS) is 23.5. The fourth-order valence-corrected chi connectivity index (χ4v) is 3.42. The lowest BCUT2D eigenvalue weighted by molar-refractivity contribution is 0.284. The minimum Gasteiger partial charge on any atom is -0.314 e. The molecule has 3 heteroatoms. The molecule has 2 unspecified atom stereocenters. The first-order chi connectivity index (χ1) is 9.20. The van der Waals surface area contributed by atoms with Crippen LogP contribution in [0.25, 0.3) is 0 Å². The van der Waals surface area contributed by atoms with Gasteiger partial charge >= 0.3 is 0 Å². The third-order valence-electron chi connectivity index (χ3n) is 4.01. The van der Waals surface area contributed by atoms with Crippen molar-refractivity contribution in [1.29, 1.82) is 0 Å². The van der Waals surface area contributed by atoms with E-state index in [0.717, 1.165) is 23.9 Å². The van der Waals surface area contributed by atoms with Gasteiger partial charge in [-0.3, -0.25) is 0 Å². The van der Waals surface area contributed by atoms with Crippen molar-refractivity contribution in [3.8, 4) is 0 Å². The Labute approximate surface area is 126 Å². The SMILES string of the molecule is CCCNC1CCCC(Cc2cccc(Cl)c2Cl)C1. The van der Waals surface area contributed by atoms with Crippen molar-refractivity contribution in [3.05, 3.63) is 33.8 Å². The maximum Gasteiger partial charge on any atom is 0.0624 e. The molecule has 1 aromatic rings. The van der Waals surface area contributed by atoms with Crippen LogP contribution < -0.4 is 5.32 Å². The number of rotatable bonds is 5. The fourth-order valence-electron chi connectivity index (χ4n) is 3.03. The molecule has 1 aliphatic rings. The van der Waals surface area contributed by atoms with Crippen LogP contribution in [-0.4, -0.2) is 12.6 Å². The van der Waals surface area contributed by atoms with Gasteiger partial charge in [0.1, 0.15) is 0 Å². The lowest BCUT2D eigenvalue weighted by atomic mass is 9.82. The van der Waals surface area contributed by atoms with E-state index in [4.69, 9.17) is 23.2 Å². The molecule has 2 atom stereocenters. The molecule has 0 aliphatic heterocycles. The van der Waals surface area contributed by atoms with Crippen molar-refractivity contribution >= 4 is 23.2 Å². The second-order valence-corrected chi connectivity index (χ2v) is 6.39. The molecule has 1 fully saturated rings. The van der Waals surface area contributed by atoms with E-state index in [1.807, 2.05) is 12.1 Å². The summed E-state index contributed by atoms with van der Waals surface area (Å²) in [5.74, 6) is 0.735. The molecule has 106 valence electrons. The second kappa shape index (κ2) is 7.52. The van der Waals surface area contributed by atoms with Crippen LogP contribution in [0.5, 0.6) is 0 Å². The highest BCUT2D eigenvalue weighted by Gasteiger charge is 2.22. The second-order valence-electron chi connectivity index (χ2n) is 5.60. The maximum absolute atomic E-state index is 6.28. The standard InChI is InChI=1S/C16H23Cl2N/c1-2-9-19-14-7-3-5-12(11-14)10-13-6-4-8-15(17)16(13)18/h4,6,8,12,14,19H,2-3,5,7,9-11H2,1H3. The zero-order valence-electron chi connectivity index (χ0n) is 11.6. The Hall–Kier alpha value is -0.240. The third kappa shape index (κ3) is 4.37. The predicted octanol–water partition coefficient (Wildman–Crippen LogP) is 5.09. The average Bonchev–Trinajstić information content (AvgIpc) is 2.42. The van der Waals surface area contributed by atoms with Crippen molar-refractivity contribution in [2.45, 2.75) is 51.5 Å². The van der Waals surface area contributed by atoms with Crippen LogP contribution in [0.3, 0.4) is 0 Å². The first-order valence-electron chi connectivity index (χ1n) is 7.37. The lowest BCUT2D eigenvalue weighted by Gasteiger charge is -2.30. The van der Waals surface area contributed by atoms with Gasteiger partial charge in [0, 0.05) is 6.04 Å². The van der Waals surface area contributed by atoms with Gasteiger partial charge in [0.2, 0.25) is 0 Å². The van der Waals surface area contributed by atoms with E-state index in [2.05, 4.69) is 18.3 Å². The summed E-state index contributed by atoms with van der Waals surface area (Å²) >= 11 is 12.4. The van der Waals surface area contributed by atoms with Gasteiger partial charge in [0.05, 0.1) is 10.0 Å². The minimum atomic E-state index is 0.677. The number of halogens is 2. The average molecular weight is 300 g/mol. The summed E-state index contributed by atoms with van der Waals surface area (Å²) in [6.45, 7) is 3.36. The van der Waals surface area contributed by atoms with Gasteiger partial charge in [-0.15, -0.1) is 0 Å². The first-order valence-corrected chi connectivity index (χ1v) is 8.12. The molecule has 1 nitrogen and oxygen atoms in total. The molecule has 0 spiro atoms. The topological polar surface area (TPSA) is 12.0 Å². The summed E-state index contributed by atoms with van der Waals surface area (Å²) in [5.41, 5.74) is 1.20. The largest absolute Gasteiger partial charge is 0.314 e. The van der Waals surface area contributed by atoms with Crippen LogP contribution in [0, 0.1) is 5.92 Å². The summed E-state index contributed by atoms with van der Waals surface area (Å²) in [5, 5.41) is 5.07. The smallest absolute Gasteiger partial charge is 0.0624 e. The van der Waals surface area contributed by atoms with Crippen molar-refractivity contribution in [2.75, 3.05) is 6.54 Å². The van der Waals surface area contributed by atoms with E-state index in [0.29, 0.717) is 11.1 Å². The Morgan fingerprint density at radius 2 is 2.11 bits per heavy atom. The van der Waals surface area contributed by atoms with Crippen LogP contribution >= 0.6 is 23.2 Å². The van der Waals surface area contributed by atoms with E-state index in [9.17, 15) is 0 Å². The first kappa shape index (κ1) is 15.2. The molecule has 1 N–H and O–H groups in total. The molecular formula is C16H23Cl2N. The maximum atomic E-state index is 6.28. The Balaban J connectivity index is 1.93. The molecule has 0 bridgehead atoms. The zero-order valence-corrected chi connectivity index (χ0v) is 13.1. The van der Waals surface area contributed by atoms with Crippen LogP contribution in [-0.2, 0) is 6.42 Å². The van der Waals surface area contributed by atoms with E-state index in [-0.39, 0.29) is 0 Å². The number of hydrogen-bond donors (Lipinski definition) is 1. The monoisotopic (exact) mass is 299 g/mol. The van der Waals surface area contributed by atoms with Gasteiger partial charge in [-0.25, -0.2) is 0 Å².